The number of carbonyl (C=O) groups excluding carboxylic acids is 1. The molecule has 0 aliphatic heterocycles. The fourth-order valence-corrected chi connectivity index (χ4v) is 2.86. The van der Waals surface area contributed by atoms with Crippen molar-refractivity contribution in [3.63, 3.8) is 0 Å². The number of carbonyl (C=O) groups is 1. The van der Waals surface area contributed by atoms with E-state index >= 15 is 0 Å². The number of thiophene rings is 1. The number of urea groups is 1. The Balaban J connectivity index is 2.48. The van der Waals surface area contributed by atoms with Crippen molar-refractivity contribution < 1.29 is 9.90 Å². The van der Waals surface area contributed by atoms with Gasteiger partial charge in [-0.3, -0.25) is 0 Å². The van der Waals surface area contributed by atoms with Crippen LogP contribution in [0.25, 0.3) is 0 Å². The molecule has 19 heavy (non-hydrogen) atoms. The van der Waals surface area contributed by atoms with Crippen LogP contribution in [0.2, 0.25) is 0 Å². The smallest absolute Gasteiger partial charge is 0.315 e. The van der Waals surface area contributed by atoms with Crippen molar-refractivity contribution in [3.05, 3.63) is 22.4 Å². The standard InChI is InChI=1S/C14H24N2O2S/c1-4-12(13-6-5-7-19-13)16-14(18)15-11(9-17)8-10(2)3/h5-7,10-12,17H,4,8-9H2,1-3H3,(H2,15,16,18)/t11-,12+/m1/s1. The third kappa shape index (κ3) is 5.61. The topological polar surface area (TPSA) is 61.4 Å². The molecule has 3 N–H and O–H groups in total. The van der Waals surface area contributed by atoms with E-state index in [1.807, 2.05) is 24.4 Å². The van der Waals surface area contributed by atoms with E-state index in [9.17, 15) is 9.90 Å². The van der Waals surface area contributed by atoms with Crippen molar-refractivity contribution in [2.45, 2.75) is 45.7 Å². The average molecular weight is 284 g/mol. The van der Waals surface area contributed by atoms with Gasteiger partial charge in [-0.25, -0.2) is 4.79 Å². The van der Waals surface area contributed by atoms with Crippen molar-refractivity contribution in [2.75, 3.05) is 6.61 Å². The fraction of sp³-hybridized carbons (Fsp3) is 0.643. The predicted octanol–water partition coefficient (Wildman–Crippen LogP) is 2.91. The molecule has 0 aliphatic rings. The van der Waals surface area contributed by atoms with E-state index < -0.39 is 0 Å². The highest BCUT2D eigenvalue weighted by atomic mass is 32.1. The van der Waals surface area contributed by atoms with E-state index in [2.05, 4.69) is 24.5 Å². The summed E-state index contributed by atoms with van der Waals surface area (Å²) in [5, 5.41) is 17.1. The summed E-state index contributed by atoms with van der Waals surface area (Å²) in [6, 6.07) is 3.66. The van der Waals surface area contributed by atoms with Crippen LogP contribution in [0.15, 0.2) is 17.5 Å². The van der Waals surface area contributed by atoms with Gasteiger partial charge in [-0.1, -0.05) is 26.8 Å². The van der Waals surface area contributed by atoms with Gasteiger partial charge >= 0.3 is 6.03 Å². The van der Waals surface area contributed by atoms with Crippen molar-refractivity contribution >= 4 is 17.4 Å². The van der Waals surface area contributed by atoms with Gasteiger partial charge in [-0.05, 0) is 30.2 Å². The van der Waals surface area contributed by atoms with Gasteiger partial charge in [0.1, 0.15) is 0 Å². The quantitative estimate of drug-likeness (QED) is 0.721. The lowest BCUT2D eigenvalue weighted by Crippen LogP contribution is -2.45. The van der Waals surface area contributed by atoms with Crippen LogP contribution in [-0.2, 0) is 0 Å². The first-order chi connectivity index (χ1) is 9.06. The molecule has 1 aromatic heterocycles. The minimum Gasteiger partial charge on any atom is -0.394 e. The second kappa shape index (κ2) is 8.17. The fourth-order valence-electron chi connectivity index (χ4n) is 2.00. The minimum atomic E-state index is -0.208. The van der Waals surface area contributed by atoms with Gasteiger partial charge in [0.2, 0.25) is 0 Å². The number of nitrogens with one attached hydrogen (secondary N) is 2. The van der Waals surface area contributed by atoms with Crippen molar-refractivity contribution in [3.8, 4) is 0 Å². The highest BCUT2D eigenvalue weighted by molar-refractivity contribution is 7.10. The first kappa shape index (κ1) is 16.0. The molecule has 2 amide bonds. The number of aliphatic hydroxyl groups excluding tert-OH is 1. The first-order valence-corrected chi connectivity index (χ1v) is 7.66. The normalized spacial score (nSPS) is 14.2. The Bertz CT molecular complexity index is 366. The Hall–Kier alpha value is -1.07. The summed E-state index contributed by atoms with van der Waals surface area (Å²) in [7, 11) is 0. The third-order valence-corrected chi connectivity index (χ3v) is 3.90. The van der Waals surface area contributed by atoms with Crippen LogP contribution in [0, 0.1) is 5.92 Å². The van der Waals surface area contributed by atoms with E-state index in [1.54, 1.807) is 11.3 Å². The third-order valence-electron chi connectivity index (χ3n) is 2.91. The van der Waals surface area contributed by atoms with Gasteiger partial charge in [0, 0.05) is 4.88 Å². The van der Waals surface area contributed by atoms with Crippen molar-refractivity contribution in [1.82, 2.24) is 10.6 Å². The number of rotatable bonds is 7. The Morgan fingerprint density at radius 2 is 2.16 bits per heavy atom. The maximum Gasteiger partial charge on any atom is 0.315 e. The molecule has 1 aromatic rings. The predicted molar refractivity (Wildman–Crippen MR) is 79.3 cm³/mol. The zero-order valence-corrected chi connectivity index (χ0v) is 12.7. The molecule has 0 saturated heterocycles. The van der Waals surface area contributed by atoms with Gasteiger partial charge in [0.25, 0.3) is 0 Å². The number of aliphatic hydroxyl groups is 1. The summed E-state index contributed by atoms with van der Waals surface area (Å²) in [5.74, 6) is 0.441. The van der Waals surface area contributed by atoms with Gasteiger partial charge in [0.15, 0.2) is 0 Å². The largest absolute Gasteiger partial charge is 0.394 e. The zero-order valence-electron chi connectivity index (χ0n) is 11.8. The van der Waals surface area contributed by atoms with Gasteiger partial charge < -0.3 is 15.7 Å². The van der Waals surface area contributed by atoms with Gasteiger partial charge in [0.05, 0.1) is 18.7 Å². The maximum atomic E-state index is 11.9. The molecule has 1 rings (SSSR count). The summed E-state index contributed by atoms with van der Waals surface area (Å²) in [6.45, 7) is 6.16. The number of hydrogen-bond donors (Lipinski definition) is 3. The van der Waals surface area contributed by atoms with Gasteiger partial charge in [-0.15, -0.1) is 11.3 Å². The molecule has 2 atom stereocenters. The first-order valence-electron chi connectivity index (χ1n) is 6.78. The lowest BCUT2D eigenvalue weighted by atomic mass is 10.0. The highest BCUT2D eigenvalue weighted by Crippen LogP contribution is 2.21. The lowest BCUT2D eigenvalue weighted by molar-refractivity contribution is 0.204. The lowest BCUT2D eigenvalue weighted by Gasteiger charge is -2.21. The van der Waals surface area contributed by atoms with Crippen molar-refractivity contribution in [1.29, 1.82) is 0 Å². The highest BCUT2D eigenvalue weighted by Gasteiger charge is 2.17. The zero-order chi connectivity index (χ0) is 14.3. The molecule has 108 valence electrons. The van der Waals surface area contributed by atoms with Crippen LogP contribution in [0.4, 0.5) is 4.79 Å². The van der Waals surface area contributed by atoms with Crippen LogP contribution in [-0.4, -0.2) is 23.8 Å². The molecule has 0 saturated carbocycles. The second-order valence-electron chi connectivity index (χ2n) is 5.10. The molecule has 0 radical (unpaired) electrons. The van der Waals surface area contributed by atoms with E-state index in [0.717, 1.165) is 17.7 Å². The maximum absolute atomic E-state index is 11.9. The number of amides is 2. The van der Waals surface area contributed by atoms with Crippen LogP contribution >= 0.6 is 11.3 Å². The molecular formula is C14H24N2O2S. The van der Waals surface area contributed by atoms with E-state index in [0.29, 0.717) is 5.92 Å². The van der Waals surface area contributed by atoms with Crippen LogP contribution in [0.5, 0.6) is 0 Å². The van der Waals surface area contributed by atoms with E-state index in [4.69, 9.17) is 0 Å². The molecule has 1 heterocycles. The Kier molecular flexibility index (Phi) is 6.87. The summed E-state index contributed by atoms with van der Waals surface area (Å²) in [4.78, 5) is 13.1. The van der Waals surface area contributed by atoms with E-state index in [1.165, 1.54) is 0 Å². The molecule has 0 aromatic carbocycles. The Morgan fingerprint density at radius 1 is 1.42 bits per heavy atom. The van der Waals surface area contributed by atoms with E-state index in [-0.39, 0.29) is 24.7 Å². The molecule has 0 spiro atoms. The van der Waals surface area contributed by atoms with Gasteiger partial charge in [-0.2, -0.15) is 0 Å². The van der Waals surface area contributed by atoms with Crippen LogP contribution in [0.1, 0.15) is 44.5 Å². The molecule has 5 heteroatoms. The monoisotopic (exact) mass is 284 g/mol. The molecule has 4 nitrogen and oxygen atoms in total. The Labute approximate surface area is 119 Å². The Morgan fingerprint density at radius 3 is 2.63 bits per heavy atom. The van der Waals surface area contributed by atoms with Crippen LogP contribution < -0.4 is 10.6 Å². The molecule has 0 aliphatic carbocycles. The summed E-state index contributed by atoms with van der Waals surface area (Å²) < 4.78 is 0. The molecule has 0 bridgehead atoms. The number of hydrogen-bond acceptors (Lipinski definition) is 3. The second-order valence-corrected chi connectivity index (χ2v) is 6.08. The van der Waals surface area contributed by atoms with Crippen molar-refractivity contribution in [2.24, 2.45) is 5.92 Å². The van der Waals surface area contributed by atoms with Crippen LogP contribution in [0.3, 0.4) is 0 Å². The average Bonchev–Trinajstić information content (AvgIpc) is 2.88. The minimum absolute atomic E-state index is 0.0264. The SMILES string of the molecule is CC[C@H](NC(=O)N[C@@H](CO)CC(C)C)c1cccs1. The summed E-state index contributed by atoms with van der Waals surface area (Å²) in [6.07, 6.45) is 1.63. The summed E-state index contributed by atoms with van der Waals surface area (Å²) >= 11 is 1.64. The molecular weight excluding hydrogens is 260 g/mol. The summed E-state index contributed by atoms with van der Waals surface area (Å²) in [5.41, 5.74) is 0. The molecule has 0 fully saturated rings. The molecule has 0 unspecified atom stereocenters.